The molecule has 2 N–H and O–H groups in total. The number of ether oxygens (including phenoxy) is 1. The molecule has 2 rings (SSSR count). The summed E-state index contributed by atoms with van der Waals surface area (Å²) in [5, 5.41) is 5.04. The summed E-state index contributed by atoms with van der Waals surface area (Å²) in [4.78, 5) is 13.7. The van der Waals surface area contributed by atoms with Crippen LogP contribution < -0.4 is 5.14 Å². The zero-order valence-electron chi connectivity index (χ0n) is 11.2. The molecule has 116 valence electrons. The first-order valence-electron chi connectivity index (χ1n) is 6.08. The largest absolute Gasteiger partial charge is 0.380 e. The van der Waals surface area contributed by atoms with Crippen molar-refractivity contribution in [3.8, 4) is 0 Å². The molecule has 0 saturated carbocycles. The normalized spacial score (nSPS) is 19.0. The molecule has 0 spiro atoms. The quantitative estimate of drug-likeness (QED) is 0.892. The van der Waals surface area contributed by atoms with E-state index in [0.29, 0.717) is 13.1 Å². The molecule has 0 aromatic heterocycles. The lowest BCUT2D eigenvalue weighted by Crippen LogP contribution is -2.30. The highest BCUT2D eigenvalue weighted by atomic mass is 35.5. The van der Waals surface area contributed by atoms with Crippen LogP contribution in [0.15, 0.2) is 17.0 Å². The minimum absolute atomic E-state index is 0.0299. The van der Waals surface area contributed by atoms with E-state index in [4.69, 9.17) is 33.1 Å². The highest BCUT2D eigenvalue weighted by molar-refractivity contribution is 7.89. The highest BCUT2D eigenvalue weighted by Gasteiger charge is 2.29. The minimum Gasteiger partial charge on any atom is -0.380 e. The molecule has 1 saturated heterocycles. The molecule has 1 aliphatic heterocycles. The van der Waals surface area contributed by atoms with Crippen molar-refractivity contribution in [1.29, 1.82) is 0 Å². The Morgan fingerprint density at radius 2 is 2.05 bits per heavy atom. The van der Waals surface area contributed by atoms with E-state index in [1.165, 1.54) is 6.07 Å². The van der Waals surface area contributed by atoms with Crippen LogP contribution in [-0.4, -0.2) is 45.5 Å². The Hall–Kier alpha value is -0.860. The van der Waals surface area contributed by atoms with Gasteiger partial charge < -0.3 is 9.64 Å². The summed E-state index contributed by atoms with van der Waals surface area (Å²) in [5.41, 5.74) is 0.0573. The Kier molecular flexibility index (Phi) is 4.79. The van der Waals surface area contributed by atoms with Gasteiger partial charge >= 0.3 is 0 Å². The third-order valence-corrected chi connectivity index (χ3v) is 5.01. The number of carbonyl (C=O) groups is 1. The second-order valence-electron chi connectivity index (χ2n) is 4.71. The van der Waals surface area contributed by atoms with Gasteiger partial charge in [0.1, 0.15) is 4.90 Å². The van der Waals surface area contributed by atoms with Crippen molar-refractivity contribution in [3.05, 3.63) is 27.7 Å². The van der Waals surface area contributed by atoms with Crippen LogP contribution in [-0.2, 0) is 14.8 Å². The first-order valence-corrected chi connectivity index (χ1v) is 8.38. The summed E-state index contributed by atoms with van der Waals surface area (Å²) in [6, 6.07) is 2.32. The number of benzene rings is 1. The molecule has 0 radical (unpaired) electrons. The summed E-state index contributed by atoms with van der Waals surface area (Å²) in [6.07, 6.45) is 0.688. The summed E-state index contributed by atoms with van der Waals surface area (Å²) < 4.78 is 28.1. The molecular weight excluding hydrogens is 339 g/mol. The number of hydrogen-bond acceptors (Lipinski definition) is 4. The zero-order valence-corrected chi connectivity index (χ0v) is 13.5. The number of hydrogen-bond donors (Lipinski definition) is 1. The average Bonchev–Trinajstić information content (AvgIpc) is 2.85. The van der Waals surface area contributed by atoms with Crippen LogP contribution in [0.5, 0.6) is 0 Å². The smallest absolute Gasteiger partial charge is 0.255 e. The van der Waals surface area contributed by atoms with Crippen LogP contribution in [0, 0.1) is 0 Å². The molecule has 1 aliphatic rings. The molecule has 1 atom stereocenters. The van der Waals surface area contributed by atoms with E-state index in [0.717, 1.165) is 12.5 Å². The monoisotopic (exact) mass is 352 g/mol. The first-order chi connectivity index (χ1) is 9.74. The molecule has 1 aromatic rings. The lowest BCUT2D eigenvalue weighted by atomic mass is 10.2. The van der Waals surface area contributed by atoms with Gasteiger partial charge in [0, 0.05) is 20.2 Å². The molecule has 0 aliphatic carbocycles. The molecule has 1 fully saturated rings. The molecule has 6 nitrogen and oxygen atoms in total. The Morgan fingerprint density at radius 3 is 2.57 bits per heavy atom. The highest BCUT2D eigenvalue weighted by Crippen LogP contribution is 2.29. The predicted octanol–water partition coefficient (Wildman–Crippen LogP) is 1.50. The second-order valence-corrected chi connectivity index (χ2v) is 7.05. The fourth-order valence-electron chi connectivity index (χ4n) is 2.19. The average molecular weight is 353 g/mol. The molecule has 1 aromatic carbocycles. The maximum absolute atomic E-state index is 12.4. The molecule has 21 heavy (non-hydrogen) atoms. The Labute approximate surface area is 132 Å². The van der Waals surface area contributed by atoms with Crippen molar-refractivity contribution >= 4 is 39.1 Å². The summed E-state index contributed by atoms with van der Waals surface area (Å²) in [7, 11) is -2.45. The number of rotatable bonds is 3. The van der Waals surface area contributed by atoms with E-state index >= 15 is 0 Å². The Morgan fingerprint density at radius 1 is 1.38 bits per heavy atom. The fourth-order valence-corrected chi connectivity index (χ4v) is 3.59. The van der Waals surface area contributed by atoms with Crippen LogP contribution in [0.1, 0.15) is 16.8 Å². The van der Waals surface area contributed by atoms with Crippen molar-refractivity contribution in [1.82, 2.24) is 4.90 Å². The third kappa shape index (κ3) is 3.49. The lowest BCUT2D eigenvalue weighted by molar-refractivity contribution is 0.0724. The van der Waals surface area contributed by atoms with Crippen molar-refractivity contribution in [2.75, 3.05) is 20.2 Å². The number of primary sulfonamides is 1. The molecule has 9 heteroatoms. The molecular formula is C12H14Cl2N2O4S. The van der Waals surface area contributed by atoms with E-state index in [1.54, 1.807) is 12.0 Å². The Bertz CT molecular complexity index is 678. The maximum Gasteiger partial charge on any atom is 0.255 e. The molecule has 1 amide bonds. The maximum atomic E-state index is 12.4. The van der Waals surface area contributed by atoms with Crippen LogP contribution >= 0.6 is 23.2 Å². The van der Waals surface area contributed by atoms with Gasteiger partial charge in [0.15, 0.2) is 0 Å². The van der Waals surface area contributed by atoms with E-state index < -0.39 is 10.0 Å². The van der Waals surface area contributed by atoms with Crippen molar-refractivity contribution in [2.45, 2.75) is 17.4 Å². The van der Waals surface area contributed by atoms with E-state index in [9.17, 15) is 13.2 Å². The van der Waals surface area contributed by atoms with Gasteiger partial charge in [-0.1, -0.05) is 23.2 Å². The van der Waals surface area contributed by atoms with E-state index in [1.807, 2.05) is 0 Å². The number of nitrogens with two attached hydrogens (primary N) is 1. The van der Waals surface area contributed by atoms with Crippen molar-refractivity contribution in [2.24, 2.45) is 5.14 Å². The summed E-state index contributed by atoms with van der Waals surface area (Å²) in [5.74, 6) is -0.374. The molecule has 0 bridgehead atoms. The number of amides is 1. The third-order valence-electron chi connectivity index (χ3n) is 3.32. The van der Waals surface area contributed by atoms with Crippen LogP contribution in [0.4, 0.5) is 0 Å². The summed E-state index contributed by atoms with van der Waals surface area (Å²) in [6.45, 7) is 0.944. The Balaban J connectivity index is 2.38. The van der Waals surface area contributed by atoms with Gasteiger partial charge in [0.25, 0.3) is 5.91 Å². The number of halogens is 2. The van der Waals surface area contributed by atoms with Crippen molar-refractivity contribution in [3.63, 3.8) is 0 Å². The van der Waals surface area contributed by atoms with Gasteiger partial charge in [-0.15, -0.1) is 0 Å². The van der Waals surface area contributed by atoms with Crippen LogP contribution in [0.25, 0.3) is 0 Å². The summed E-state index contributed by atoms with van der Waals surface area (Å²) >= 11 is 11.8. The van der Waals surface area contributed by atoms with Gasteiger partial charge in [-0.25, -0.2) is 13.6 Å². The predicted molar refractivity (Wildman–Crippen MR) is 79.2 cm³/mol. The zero-order chi connectivity index (χ0) is 15.8. The van der Waals surface area contributed by atoms with Crippen LogP contribution in [0.3, 0.4) is 0 Å². The van der Waals surface area contributed by atoms with Crippen LogP contribution in [0.2, 0.25) is 10.0 Å². The first kappa shape index (κ1) is 16.5. The van der Waals surface area contributed by atoms with E-state index in [-0.39, 0.29) is 32.5 Å². The van der Waals surface area contributed by atoms with Gasteiger partial charge in [0.2, 0.25) is 10.0 Å². The SMILES string of the molecule is COC1CCN(C(=O)c2cc(S(N)(=O)=O)c(Cl)cc2Cl)C1. The van der Waals surface area contributed by atoms with Gasteiger partial charge in [-0.3, -0.25) is 4.79 Å². The van der Waals surface area contributed by atoms with Gasteiger partial charge in [0.05, 0.1) is 21.7 Å². The second kappa shape index (κ2) is 6.10. The number of nitrogens with zero attached hydrogens (tertiary/aromatic N) is 1. The van der Waals surface area contributed by atoms with Crippen molar-refractivity contribution < 1.29 is 17.9 Å². The number of likely N-dealkylation sites (tertiary alicyclic amines) is 1. The standard InChI is InChI=1S/C12H14Cl2N2O4S/c1-20-7-2-3-16(6-7)12(17)8-4-11(21(15,18)19)10(14)5-9(8)13/h4-5,7H,2-3,6H2,1H3,(H2,15,18,19). The fraction of sp³-hybridized carbons (Fsp3) is 0.417. The van der Waals surface area contributed by atoms with Gasteiger partial charge in [-0.05, 0) is 18.6 Å². The molecule has 1 heterocycles. The van der Waals surface area contributed by atoms with E-state index in [2.05, 4.69) is 0 Å². The topological polar surface area (TPSA) is 89.7 Å². The number of sulfonamides is 1. The number of carbonyl (C=O) groups excluding carboxylic acids is 1. The molecule has 1 unspecified atom stereocenters. The lowest BCUT2D eigenvalue weighted by Gasteiger charge is -2.17. The van der Waals surface area contributed by atoms with Gasteiger partial charge in [-0.2, -0.15) is 0 Å². The number of methoxy groups -OCH3 is 1. The minimum atomic E-state index is -4.03.